The number of hydrogen-bond donors (Lipinski definition) is 1. The van der Waals surface area contributed by atoms with Crippen LogP contribution in [0.1, 0.15) is 12.3 Å². The number of carbonyl (C=O) groups excluding carboxylic acids is 1. The van der Waals surface area contributed by atoms with Gasteiger partial charge in [-0.1, -0.05) is 30.3 Å². The summed E-state index contributed by atoms with van der Waals surface area (Å²) in [6, 6.07) is 9.82. The molecule has 0 radical (unpaired) electrons. The van der Waals surface area contributed by atoms with Gasteiger partial charge in [0, 0.05) is 38.5 Å². The Morgan fingerprint density at radius 1 is 1.33 bits per heavy atom. The van der Waals surface area contributed by atoms with Crippen molar-refractivity contribution in [3.05, 3.63) is 42.4 Å². The van der Waals surface area contributed by atoms with E-state index in [1.807, 2.05) is 44.4 Å². The molecule has 0 unspecified atom stereocenters. The number of aryl methyl sites for hydroxylation is 1. The Morgan fingerprint density at radius 2 is 2.10 bits per heavy atom. The Labute approximate surface area is 125 Å². The van der Waals surface area contributed by atoms with Crippen molar-refractivity contribution in [3.8, 4) is 11.3 Å². The summed E-state index contributed by atoms with van der Waals surface area (Å²) in [5.41, 5.74) is 0.994. The number of likely N-dealkylation sites (N-methyl/N-ethyl adjacent to an activating group) is 2. The summed E-state index contributed by atoms with van der Waals surface area (Å²) < 4.78 is 5.69. The molecule has 5 nitrogen and oxygen atoms in total. The van der Waals surface area contributed by atoms with E-state index in [1.54, 1.807) is 11.1 Å². The first-order valence-corrected chi connectivity index (χ1v) is 7.09. The highest BCUT2D eigenvalue weighted by Gasteiger charge is 2.11. The molecule has 2 aromatic rings. The third-order valence-corrected chi connectivity index (χ3v) is 3.29. The second kappa shape index (κ2) is 7.59. The van der Waals surface area contributed by atoms with E-state index < -0.39 is 0 Å². The first-order chi connectivity index (χ1) is 10.2. The Hall–Kier alpha value is -2.14. The third kappa shape index (κ3) is 4.43. The molecule has 5 heteroatoms. The van der Waals surface area contributed by atoms with Gasteiger partial charge in [0.2, 0.25) is 5.91 Å². The third-order valence-electron chi connectivity index (χ3n) is 3.29. The van der Waals surface area contributed by atoms with Crippen LogP contribution in [-0.4, -0.2) is 43.0 Å². The van der Waals surface area contributed by atoms with E-state index in [-0.39, 0.29) is 5.91 Å². The summed E-state index contributed by atoms with van der Waals surface area (Å²) in [5.74, 6) is 1.44. The van der Waals surface area contributed by atoms with Gasteiger partial charge in [0.05, 0.1) is 6.20 Å². The maximum Gasteiger partial charge on any atom is 0.222 e. The first kappa shape index (κ1) is 15.3. The second-order valence-corrected chi connectivity index (χ2v) is 4.90. The zero-order valence-electron chi connectivity index (χ0n) is 12.5. The SMILES string of the molecule is CNCCN(C)C(=O)CCc1ncc(-c2ccccc2)o1. The number of rotatable bonds is 7. The van der Waals surface area contributed by atoms with Gasteiger partial charge in [0.25, 0.3) is 0 Å². The van der Waals surface area contributed by atoms with Gasteiger partial charge in [-0.15, -0.1) is 0 Å². The molecule has 0 saturated heterocycles. The monoisotopic (exact) mass is 287 g/mol. The maximum absolute atomic E-state index is 11.9. The van der Waals surface area contributed by atoms with Gasteiger partial charge < -0.3 is 14.6 Å². The lowest BCUT2D eigenvalue weighted by molar-refractivity contribution is -0.129. The van der Waals surface area contributed by atoms with Crippen LogP contribution in [0, 0.1) is 0 Å². The summed E-state index contributed by atoms with van der Waals surface area (Å²) in [6.07, 6.45) is 2.64. The molecular formula is C16H21N3O2. The molecule has 0 bridgehead atoms. The predicted molar refractivity (Wildman–Crippen MR) is 81.8 cm³/mol. The van der Waals surface area contributed by atoms with E-state index in [0.717, 1.165) is 17.9 Å². The minimum Gasteiger partial charge on any atom is -0.441 e. The van der Waals surface area contributed by atoms with Gasteiger partial charge in [0.15, 0.2) is 11.7 Å². The number of nitrogens with zero attached hydrogens (tertiary/aromatic N) is 2. The molecule has 0 aliphatic rings. The van der Waals surface area contributed by atoms with Crippen molar-refractivity contribution in [2.75, 3.05) is 27.2 Å². The number of oxazole rings is 1. The zero-order chi connectivity index (χ0) is 15.1. The van der Waals surface area contributed by atoms with Crippen LogP contribution in [0.3, 0.4) is 0 Å². The molecule has 1 amide bonds. The fourth-order valence-electron chi connectivity index (χ4n) is 1.97. The average molecular weight is 287 g/mol. The van der Waals surface area contributed by atoms with Gasteiger partial charge in [-0.25, -0.2) is 4.98 Å². The van der Waals surface area contributed by atoms with Crippen molar-refractivity contribution >= 4 is 5.91 Å². The molecule has 21 heavy (non-hydrogen) atoms. The molecule has 0 saturated carbocycles. The normalized spacial score (nSPS) is 10.6. The van der Waals surface area contributed by atoms with E-state index in [9.17, 15) is 4.79 Å². The van der Waals surface area contributed by atoms with Crippen molar-refractivity contribution in [2.24, 2.45) is 0 Å². The molecule has 2 rings (SSSR count). The first-order valence-electron chi connectivity index (χ1n) is 7.09. The molecule has 1 aromatic heterocycles. The van der Waals surface area contributed by atoms with Crippen LogP contribution < -0.4 is 5.32 Å². The van der Waals surface area contributed by atoms with Crippen LogP contribution in [0.5, 0.6) is 0 Å². The number of amides is 1. The highest BCUT2D eigenvalue weighted by molar-refractivity contribution is 5.76. The predicted octanol–water partition coefficient (Wildman–Crippen LogP) is 1.95. The highest BCUT2D eigenvalue weighted by Crippen LogP contribution is 2.20. The molecule has 1 heterocycles. The molecular weight excluding hydrogens is 266 g/mol. The van der Waals surface area contributed by atoms with Crippen LogP contribution in [-0.2, 0) is 11.2 Å². The molecule has 0 atom stereocenters. The van der Waals surface area contributed by atoms with E-state index in [1.165, 1.54) is 0 Å². The molecule has 0 spiro atoms. The van der Waals surface area contributed by atoms with Gasteiger partial charge in [-0.2, -0.15) is 0 Å². The van der Waals surface area contributed by atoms with Crippen molar-refractivity contribution < 1.29 is 9.21 Å². The Bertz CT molecular complexity index is 566. The topological polar surface area (TPSA) is 58.4 Å². The van der Waals surface area contributed by atoms with Crippen molar-refractivity contribution in [2.45, 2.75) is 12.8 Å². The van der Waals surface area contributed by atoms with E-state index >= 15 is 0 Å². The number of benzene rings is 1. The summed E-state index contributed by atoms with van der Waals surface area (Å²) in [6.45, 7) is 1.50. The van der Waals surface area contributed by atoms with E-state index in [0.29, 0.717) is 25.3 Å². The van der Waals surface area contributed by atoms with Crippen LogP contribution in [0.15, 0.2) is 40.9 Å². The molecule has 0 fully saturated rings. The Morgan fingerprint density at radius 3 is 2.81 bits per heavy atom. The van der Waals surface area contributed by atoms with Gasteiger partial charge >= 0.3 is 0 Å². The van der Waals surface area contributed by atoms with Crippen molar-refractivity contribution in [1.82, 2.24) is 15.2 Å². The smallest absolute Gasteiger partial charge is 0.222 e. The number of hydrogen-bond acceptors (Lipinski definition) is 4. The average Bonchev–Trinajstić information content (AvgIpc) is 3.00. The minimum atomic E-state index is 0.102. The maximum atomic E-state index is 11.9. The molecule has 0 aliphatic heterocycles. The van der Waals surface area contributed by atoms with Gasteiger partial charge in [0.1, 0.15) is 0 Å². The zero-order valence-corrected chi connectivity index (χ0v) is 12.5. The quantitative estimate of drug-likeness (QED) is 0.845. The van der Waals surface area contributed by atoms with Crippen LogP contribution in [0.25, 0.3) is 11.3 Å². The minimum absolute atomic E-state index is 0.102. The summed E-state index contributed by atoms with van der Waals surface area (Å²) in [4.78, 5) is 17.9. The summed E-state index contributed by atoms with van der Waals surface area (Å²) >= 11 is 0. The highest BCUT2D eigenvalue weighted by atomic mass is 16.4. The van der Waals surface area contributed by atoms with E-state index in [4.69, 9.17) is 4.42 Å². The lowest BCUT2D eigenvalue weighted by atomic mass is 10.2. The lowest BCUT2D eigenvalue weighted by Crippen LogP contribution is -2.32. The molecule has 1 aromatic carbocycles. The fourth-order valence-corrected chi connectivity index (χ4v) is 1.97. The lowest BCUT2D eigenvalue weighted by Gasteiger charge is -2.16. The number of nitrogens with one attached hydrogen (secondary N) is 1. The van der Waals surface area contributed by atoms with Crippen LogP contribution in [0.2, 0.25) is 0 Å². The Kier molecular flexibility index (Phi) is 5.51. The standard InChI is InChI=1S/C16H21N3O2/c1-17-10-11-19(2)16(20)9-8-15-18-12-14(21-15)13-6-4-3-5-7-13/h3-7,12,17H,8-11H2,1-2H3. The molecule has 112 valence electrons. The van der Waals surface area contributed by atoms with Crippen LogP contribution in [0.4, 0.5) is 0 Å². The summed E-state index contributed by atoms with van der Waals surface area (Å²) in [7, 11) is 3.68. The number of aromatic nitrogens is 1. The van der Waals surface area contributed by atoms with Gasteiger partial charge in [-0.05, 0) is 7.05 Å². The second-order valence-electron chi connectivity index (χ2n) is 4.90. The number of carbonyl (C=O) groups is 1. The van der Waals surface area contributed by atoms with Gasteiger partial charge in [-0.3, -0.25) is 4.79 Å². The molecule has 1 N–H and O–H groups in total. The molecule has 0 aliphatic carbocycles. The van der Waals surface area contributed by atoms with Crippen molar-refractivity contribution in [3.63, 3.8) is 0 Å². The van der Waals surface area contributed by atoms with Crippen LogP contribution >= 0.6 is 0 Å². The largest absolute Gasteiger partial charge is 0.441 e. The Balaban J connectivity index is 1.87. The summed E-state index contributed by atoms with van der Waals surface area (Å²) in [5, 5.41) is 3.02. The van der Waals surface area contributed by atoms with Crippen molar-refractivity contribution in [1.29, 1.82) is 0 Å². The fraction of sp³-hybridized carbons (Fsp3) is 0.375. The van der Waals surface area contributed by atoms with E-state index in [2.05, 4.69) is 10.3 Å².